The molecule has 0 radical (unpaired) electrons. The summed E-state index contributed by atoms with van der Waals surface area (Å²) in [5, 5.41) is 1.78. The van der Waals surface area contributed by atoms with E-state index in [0.717, 1.165) is 18.1 Å². The Hall–Kier alpha value is -1.73. The molecule has 0 spiro atoms. The average Bonchev–Trinajstić information content (AvgIpc) is 3.09. The molecular formula is C13H16N4O2S. The molecule has 3 rings (SSSR count). The Morgan fingerprint density at radius 3 is 3.05 bits per heavy atom. The zero-order valence-electron chi connectivity index (χ0n) is 11.4. The SMILES string of the molecule is COCc1cnc2n1CCN(C(=O)c1cscn1)C2C. The normalized spacial score (nSPS) is 18.1. The van der Waals surface area contributed by atoms with Crippen LogP contribution in [0, 0.1) is 0 Å². The van der Waals surface area contributed by atoms with Gasteiger partial charge < -0.3 is 14.2 Å². The van der Waals surface area contributed by atoms with Gasteiger partial charge in [0.05, 0.1) is 30.1 Å². The quantitative estimate of drug-likeness (QED) is 0.864. The van der Waals surface area contributed by atoms with Crippen molar-refractivity contribution in [3.05, 3.63) is 34.3 Å². The van der Waals surface area contributed by atoms with E-state index in [1.54, 1.807) is 18.0 Å². The maximum absolute atomic E-state index is 12.4. The number of amides is 1. The fourth-order valence-corrected chi connectivity index (χ4v) is 3.09. The van der Waals surface area contributed by atoms with Gasteiger partial charge in [-0.05, 0) is 6.92 Å². The summed E-state index contributed by atoms with van der Waals surface area (Å²) in [6, 6.07) is -0.0523. The number of carbonyl (C=O) groups is 1. The average molecular weight is 292 g/mol. The molecule has 0 saturated heterocycles. The van der Waals surface area contributed by atoms with Crippen LogP contribution < -0.4 is 0 Å². The molecule has 6 nitrogen and oxygen atoms in total. The van der Waals surface area contributed by atoms with Crippen molar-refractivity contribution in [3.63, 3.8) is 0 Å². The van der Waals surface area contributed by atoms with Crippen molar-refractivity contribution in [2.45, 2.75) is 26.1 Å². The maximum atomic E-state index is 12.4. The number of carbonyl (C=O) groups excluding carboxylic acids is 1. The van der Waals surface area contributed by atoms with E-state index in [4.69, 9.17) is 4.74 Å². The first kappa shape index (κ1) is 13.3. The Labute approximate surface area is 121 Å². The van der Waals surface area contributed by atoms with Gasteiger partial charge in [-0.25, -0.2) is 9.97 Å². The minimum Gasteiger partial charge on any atom is -0.378 e. The van der Waals surface area contributed by atoms with E-state index in [2.05, 4.69) is 14.5 Å². The molecule has 2 aromatic heterocycles. The molecule has 3 heterocycles. The number of nitrogens with zero attached hydrogens (tertiary/aromatic N) is 4. The number of fused-ring (bicyclic) bond motifs is 1. The standard InChI is InChI=1S/C13H16N4O2S/c1-9-12-14-5-10(6-19-2)17(12)4-3-16(9)13(18)11-7-20-8-15-11/h5,7-9H,3-4,6H2,1-2H3. The summed E-state index contributed by atoms with van der Waals surface area (Å²) in [6.07, 6.45) is 1.83. The molecule has 0 aromatic carbocycles. The second-order valence-corrected chi connectivity index (χ2v) is 5.46. The molecule has 0 saturated carbocycles. The molecule has 0 aliphatic carbocycles. The van der Waals surface area contributed by atoms with Gasteiger partial charge >= 0.3 is 0 Å². The van der Waals surface area contributed by atoms with Gasteiger partial charge in [0.2, 0.25) is 0 Å². The van der Waals surface area contributed by atoms with Crippen molar-refractivity contribution in [1.82, 2.24) is 19.4 Å². The third-order valence-corrected chi connectivity index (χ3v) is 4.17. The Balaban J connectivity index is 1.86. The molecule has 1 aliphatic heterocycles. The van der Waals surface area contributed by atoms with E-state index >= 15 is 0 Å². The second kappa shape index (κ2) is 5.34. The maximum Gasteiger partial charge on any atom is 0.273 e. The van der Waals surface area contributed by atoms with Gasteiger partial charge in [0.15, 0.2) is 0 Å². The van der Waals surface area contributed by atoms with Crippen molar-refractivity contribution in [2.75, 3.05) is 13.7 Å². The monoisotopic (exact) mass is 292 g/mol. The molecule has 106 valence electrons. The van der Waals surface area contributed by atoms with E-state index in [-0.39, 0.29) is 11.9 Å². The zero-order chi connectivity index (χ0) is 14.1. The van der Waals surface area contributed by atoms with Crippen LogP contribution in [0.3, 0.4) is 0 Å². The molecule has 1 unspecified atom stereocenters. The molecule has 2 aromatic rings. The highest BCUT2D eigenvalue weighted by Gasteiger charge is 2.31. The number of hydrogen-bond donors (Lipinski definition) is 0. The predicted octanol–water partition coefficient (Wildman–Crippen LogP) is 1.70. The van der Waals surface area contributed by atoms with E-state index < -0.39 is 0 Å². The highest BCUT2D eigenvalue weighted by atomic mass is 32.1. The van der Waals surface area contributed by atoms with Gasteiger partial charge in [0, 0.05) is 25.6 Å². The zero-order valence-corrected chi connectivity index (χ0v) is 12.3. The fraction of sp³-hybridized carbons (Fsp3) is 0.462. The lowest BCUT2D eigenvalue weighted by molar-refractivity contribution is 0.0627. The van der Waals surface area contributed by atoms with E-state index in [0.29, 0.717) is 18.8 Å². The van der Waals surface area contributed by atoms with Gasteiger partial charge in [-0.2, -0.15) is 0 Å². The van der Waals surface area contributed by atoms with Crippen molar-refractivity contribution >= 4 is 17.2 Å². The number of aromatic nitrogens is 3. The summed E-state index contributed by atoms with van der Waals surface area (Å²) in [6.45, 7) is 3.95. The van der Waals surface area contributed by atoms with Crippen LogP contribution in [-0.4, -0.2) is 39.0 Å². The second-order valence-electron chi connectivity index (χ2n) is 4.74. The first-order valence-electron chi connectivity index (χ1n) is 6.44. The summed E-state index contributed by atoms with van der Waals surface area (Å²) in [5.41, 5.74) is 3.24. The van der Waals surface area contributed by atoms with Crippen LogP contribution in [-0.2, 0) is 17.9 Å². The van der Waals surface area contributed by atoms with Crippen LogP contribution in [0.4, 0.5) is 0 Å². The van der Waals surface area contributed by atoms with Gasteiger partial charge in [0.1, 0.15) is 11.5 Å². The Morgan fingerprint density at radius 1 is 1.50 bits per heavy atom. The van der Waals surface area contributed by atoms with Crippen molar-refractivity contribution in [3.8, 4) is 0 Å². The molecule has 20 heavy (non-hydrogen) atoms. The minimum absolute atomic E-state index is 0.0266. The number of methoxy groups -OCH3 is 1. The molecule has 0 fully saturated rings. The number of ether oxygens (including phenoxy) is 1. The summed E-state index contributed by atoms with van der Waals surface area (Å²) < 4.78 is 7.31. The van der Waals surface area contributed by atoms with Crippen LogP contribution in [0.1, 0.15) is 35.0 Å². The summed E-state index contributed by atoms with van der Waals surface area (Å²) in [7, 11) is 1.67. The molecule has 1 amide bonds. The third-order valence-electron chi connectivity index (χ3n) is 3.58. The molecule has 1 aliphatic rings. The Kier molecular flexibility index (Phi) is 3.54. The van der Waals surface area contributed by atoms with Crippen LogP contribution in [0.5, 0.6) is 0 Å². The lowest BCUT2D eigenvalue weighted by Crippen LogP contribution is -2.41. The molecule has 7 heteroatoms. The van der Waals surface area contributed by atoms with Crippen LogP contribution >= 0.6 is 11.3 Å². The van der Waals surface area contributed by atoms with Crippen molar-refractivity contribution < 1.29 is 9.53 Å². The minimum atomic E-state index is -0.0523. The molecule has 0 N–H and O–H groups in total. The van der Waals surface area contributed by atoms with E-state index in [1.807, 2.05) is 18.0 Å². The number of hydrogen-bond acceptors (Lipinski definition) is 5. The molecule has 0 bridgehead atoms. The third kappa shape index (κ3) is 2.12. The Morgan fingerprint density at radius 2 is 2.35 bits per heavy atom. The lowest BCUT2D eigenvalue weighted by atomic mass is 10.2. The smallest absolute Gasteiger partial charge is 0.273 e. The van der Waals surface area contributed by atoms with Gasteiger partial charge in [-0.3, -0.25) is 4.79 Å². The van der Waals surface area contributed by atoms with Gasteiger partial charge in [0.25, 0.3) is 5.91 Å². The van der Waals surface area contributed by atoms with E-state index in [9.17, 15) is 4.79 Å². The van der Waals surface area contributed by atoms with Crippen LogP contribution in [0.25, 0.3) is 0 Å². The number of thiazole rings is 1. The summed E-state index contributed by atoms with van der Waals surface area (Å²) >= 11 is 1.43. The first-order valence-corrected chi connectivity index (χ1v) is 7.39. The fourth-order valence-electron chi connectivity index (χ4n) is 2.57. The lowest BCUT2D eigenvalue weighted by Gasteiger charge is -2.34. The van der Waals surface area contributed by atoms with Gasteiger partial charge in [-0.1, -0.05) is 0 Å². The summed E-state index contributed by atoms with van der Waals surface area (Å²) in [4.78, 5) is 22.8. The van der Waals surface area contributed by atoms with Crippen molar-refractivity contribution in [2.24, 2.45) is 0 Å². The number of imidazole rings is 1. The topological polar surface area (TPSA) is 60.2 Å². The Bertz CT molecular complexity index is 608. The van der Waals surface area contributed by atoms with E-state index in [1.165, 1.54) is 11.3 Å². The molecule has 1 atom stereocenters. The summed E-state index contributed by atoms with van der Waals surface area (Å²) in [5.74, 6) is 0.883. The highest BCUT2D eigenvalue weighted by molar-refractivity contribution is 7.07. The largest absolute Gasteiger partial charge is 0.378 e. The van der Waals surface area contributed by atoms with Crippen molar-refractivity contribution in [1.29, 1.82) is 0 Å². The molecular weight excluding hydrogens is 276 g/mol. The van der Waals surface area contributed by atoms with Crippen LogP contribution in [0.15, 0.2) is 17.1 Å². The van der Waals surface area contributed by atoms with Gasteiger partial charge in [-0.15, -0.1) is 11.3 Å². The number of rotatable bonds is 3. The predicted molar refractivity (Wildman–Crippen MR) is 74.5 cm³/mol. The first-order chi connectivity index (χ1) is 9.72. The highest BCUT2D eigenvalue weighted by Crippen LogP contribution is 2.27. The van der Waals surface area contributed by atoms with Crippen LogP contribution in [0.2, 0.25) is 0 Å².